The van der Waals surface area contributed by atoms with E-state index in [1.54, 1.807) is 0 Å². The molecule has 0 saturated heterocycles. The second-order valence-electron chi connectivity index (χ2n) is 5.01. The average Bonchev–Trinajstić information content (AvgIpc) is 2.63. The highest BCUT2D eigenvalue weighted by Gasteiger charge is 2.21. The largest absolute Gasteiger partial charge is 0.490 e. The molecular formula is C15H21NO4. The standard InChI is InChI=1S/C15H21NO4/c1-3-12(15(17)18)16(2)10-11-5-6-13-14(9-11)20-8-4-7-19-13/h5-6,9,12H,3-4,7-8,10H2,1-2H3,(H,17,18). The molecule has 1 aliphatic rings. The first kappa shape index (κ1) is 14.7. The molecule has 0 fully saturated rings. The van der Waals surface area contributed by atoms with Gasteiger partial charge in [-0.3, -0.25) is 9.69 Å². The van der Waals surface area contributed by atoms with Crippen LogP contribution in [0.25, 0.3) is 0 Å². The molecule has 1 aliphatic heterocycles. The molecule has 0 saturated carbocycles. The van der Waals surface area contributed by atoms with Crippen LogP contribution in [0.15, 0.2) is 18.2 Å². The number of hydrogen-bond acceptors (Lipinski definition) is 4. The second kappa shape index (κ2) is 6.61. The fraction of sp³-hybridized carbons (Fsp3) is 0.533. The summed E-state index contributed by atoms with van der Waals surface area (Å²) in [5.74, 6) is 0.722. The Kier molecular flexibility index (Phi) is 4.84. The van der Waals surface area contributed by atoms with Gasteiger partial charge in [0.25, 0.3) is 0 Å². The highest BCUT2D eigenvalue weighted by molar-refractivity contribution is 5.73. The highest BCUT2D eigenvalue weighted by Crippen LogP contribution is 2.30. The van der Waals surface area contributed by atoms with E-state index in [1.165, 1.54) is 0 Å². The van der Waals surface area contributed by atoms with Crippen molar-refractivity contribution in [2.45, 2.75) is 32.4 Å². The van der Waals surface area contributed by atoms with Crippen LogP contribution in [0.3, 0.4) is 0 Å². The van der Waals surface area contributed by atoms with Crippen molar-refractivity contribution < 1.29 is 19.4 Å². The van der Waals surface area contributed by atoms with Gasteiger partial charge in [0, 0.05) is 13.0 Å². The Morgan fingerprint density at radius 1 is 1.35 bits per heavy atom. The fourth-order valence-electron chi connectivity index (χ4n) is 2.38. The molecule has 1 unspecified atom stereocenters. The Morgan fingerprint density at radius 3 is 2.70 bits per heavy atom. The van der Waals surface area contributed by atoms with Gasteiger partial charge in [0.05, 0.1) is 13.2 Å². The van der Waals surface area contributed by atoms with Gasteiger partial charge in [0.1, 0.15) is 6.04 Å². The van der Waals surface area contributed by atoms with E-state index in [2.05, 4.69) is 0 Å². The molecule has 0 amide bonds. The summed E-state index contributed by atoms with van der Waals surface area (Å²) in [6.07, 6.45) is 1.46. The maximum absolute atomic E-state index is 11.2. The topological polar surface area (TPSA) is 59.0 Å². The van der Waals surface area contributed by atoms with Crippen LogP contribution in [0.1, 0.15) is 25.3 Å². The van der Waals surface area contributed by atoms with E-state index in [4.69, 9.17) is 14.6 Å². The molecule has 5 nitrogen and oxygen atoms in total. The number of benzene rings is 1. The first-order valence-electron chi connectivity index (χ1n) is 6.93. The van der Waals surface area contributed by atoms with E-state index in [1.807, 2.05) is 37.1 Å². The first-order chi connectivity index (χ1) is 9.61. The van der Waals surface area contributed by atoms with Crippen molar-refractivity contribution in [1.29, 1.82) is 0 Å². The normalized spacial score (nSPS) is 15.8. The molecule has 0 spiro atoms. The van der Waals surface area contributed by atoms with E-state index < -0.39 is 12.0 Å². The third kappa shape index (κ3) is 3.42. The minimum atomic E-state index is -0.788. The zero-order chi connectivity index (χ0) is 14.5. The second-order valence-corrected chi connectivity index (χ2v) is 5.01. The molecule has 0 aromatic heterocycles. The third-order valence-electron chi connectivity index (χ3n) is 3.45. The van der Waals surface area contributed by atoms with Crippen LogP contribution in [0.5, 0.6) is 11.5 Å². The van der Waals surface area contributed by atoms with Gasteiger partial charge in [0.2, 0.25) is 0 Å². The number of rotatable bonds is 5. The van der Waals surface area contributed by atoms with Gasteiger partial charge < -0.3 is 14.6 Å². The minimum Gasteiger partial charge on any atom is -0.490 e. The Hall–Kier alpha value is -1.75. The van der Waals surface area contributed by atoms with Crippen LogP contribution in [0, 0.1) is 0 Å². The lowest BCUT2D eigenvalue weighted by atomic mass is 10.1. The molecule has 1 aromatic rings. The van der Waals surface area contributed by atoms with Crippen LogP contribution >= 0.6 is 0 Å². The van der Waals surface area contributed by atoms with Crippen molar-refractivity contribution in [2.24, 2.45) is 0 Å². The fourth-order valence-corrected chi connectivity index (χ4v) is 2.38. The molecular weight excluding hydrogens is 258 g/mol. The van der Waals surface area contributed by atoms with E-state index in [-0.39, 0.29) is 0 Å². The number of carbonyl (C=O) groups is 1. The van der Waals surface area contributed by atoms with Crippen molar-refractivity contribution in [2.75, 3.05) is 20.3 Å². The number of carboxylic acids is 1. The zero-order valence-corrected chi connectivity index (χ0v) is 12.0. The van der Waals surface area contributed by atoms with Gasteiger partial charge in [-0.1, -0.05) is 13.0 Å². The molecule has 1 atom stereocenters. The highest BCUT2D eigenvalue weighted by atomic mass is 16.5. The maximum Gasteiger partial charge on any atom is 0.320 e. The SMILES string of the molecule is CCC(C(=O)O)N(C)Cc1ccc2c(c1)OCCCO2. The summed E-state index contributed by atoms with van der Waals surface area (Å²) in [5, 5.41) is 9.16. The Labute approximate surface area is 119 Å². The van der Waals surface area contributed by atoms with Crippen LogP contribution in [0.2, 0.25) is 0 Å². The Bertz CT molecular complexity index is 475. The number of nitrogens with zero attached hydrogens (tertiary/aromatic N) is 1. The predicted octanol–water partition coefficient (Wildman–Crippen LogP) is 2.14. The van der Waals surface area contributed by atoms with Gasteiger partial charge in [0.15, 0.2) is 11.5 Å². The summed E-state index contributed by atoms with van der Waals surface area (Å²) in [6, 6.07) is 5.32. The summed E-state index contributed by atoms with van der Waals surface area (Å²) in [4.78, 5) is 13.0. The third-order valence-corrected chi connectivity index (χ3v) is 3.45. The average molecular weight is 279 g/mol. The summed E-state index contributed by atoms with van der Waals surface area (Å²) >= 11 is 0. The van der Waals surface area contributed by atoms with Gasteiger partial charge in [-0.2, -0.15) is 0 Å². The van der Waals surface area contributed by atoms with Crippen molar-refractivity contribution in [3.63, 3.8) is 0 Å². The number of hydrogen-bond donors (Lipinski definition) is 1. The zero-order valence-electron chi connectivity index (χ0n) is 12.0. The summed E-state index contributed by atoms with van der Waals surface area (Å²) in [5.41, 5.74) is 1.02. The molecule has 110 valence electrons. The molecule has 0 aliphatic carbocycles. The van der Waals surface area contributed by atoms with Crippen molar-refractivity contribution in [3.8, 4) is 11.5 Å². The number of likely N-dealkylation sites (N-methyl/N-ethyl adjacent to an activating group) is 1. The van der Waals surface area contributed by atoms with Crippen LogP contribution < -0.4 is 9.47 Å². The quantitative estimate of drug-likeness (QED) is 0.895. The molecule has 2 rings (SSSR count). The first-order valence-corrected chi connectivity index (χ1v) is 6.93. The lowest BCUT2D eigenvalue weighted by Crippen LogP contribution is -2.37. The number of fused-ring (bicyclic) bond motifs is 1. The molecule has 20 heavy (non-hydrogen) atoms. The van der Waals surface area contributed by atoms with E-state index in [0.717, 1.165) is 23.5 Å². The van der Waals surface area contributed by atoms with E-state index in [9.17, 15) is 4.79 Å². The van der Waals surface area contributed by atoms with Crippen LogP contribution in [-0.2, 0) is 11.3 Å². The van der Waals surface area contributed by atoms with Crippen LogP contribution in [-0.4, -0.2) is 42.3 Å². The summed E-state index contributed by atoms with van der Waals surface area (Å²) in [7, 11) is 1.82. The number of carboxylic acid groups (broad SMARTS) is 1. The Balaban J connectivity index is 2.10. The molecule has 1 aromatic carbocycles. The molecule has 1 heterocycles. The lowest BCUT2D eigenvalue weighted by molar-refractivity contribution is -0.143. The van der Waals surface area contributed by atoms with Crippen molar-refractivity contribution >= 4 is 5.97 Å². The minimum absolute atomic E-state index is 0.467. The van der Waals surface area contributed by atoms with E-state index >= 15 is 0 Å². The van der Waals surface area contributed by atoms with Gasteiger partial charge in [-0.25, -0.2) is 0 Å². The van der Waals surface area contributed by atoms with E-state index in [0.29, 0.717) is 26.2 Å². The predicted molar refractivity (Wildman–Crippen MR) is 75.2 cm³/mol. The maximum atomic E-state index is 11.2. The number of aliphatic carboxylic acids is 1. The molecule has 0 bridgehead atoms. The summed E-state index contributed by atoms with van der Waals surface area (Å²) < 4.78 is 11.2. The Morgan fingerprint density at radius 2 is 2.05 bits per heavy atom. The monoisotopic (exact) mass is 279 g/mol. The number of ether oxygens (including phenoxy) is 2. The van der Waals surface area contributed by atoms with Crippen molar-refractivity contribution in [3.05, 3.63) is 23.8 Å². The molecule has 5 heteroatoms. The molecule has 0 radical (unpaired) electrons. The van der Waals surface area contributed by atoms with Gasteiger partial charge in [-0.05, 0) is 31.2 Å². The van der Waals surface area contributed by atoms with Gasteiger partial charge >= 0.3 is 5.97 Å². The lowest BCUT2D eigenvalue weighted by Gasteiger charge is -2.23. The molecule has 1 N–H and O–H groups in total. The summed E-state index contributed by atoms with van der Waals surface area (Å²) in [6.45, 7) is 3.77. The van der Waals surface area contributed by atoms with Gasteiger partial charge in [-0.15, -0.1) is 0 Å². The van der Waals surface area contributed by atoms with Crippen LogP contribution in [0.4, 0.5) is 0 Å². The smallest absolute Gasteiger partial charge is 0.320 e. The van der Waals surface area contributed by atoms with Crippen molar-refractivity contribution in [1.82, 2.24) is 4.90 Å².